The number of anilines is 1. The van der Waals surface area contributed by atoms with Gasteiger partial charge in [0.05, 0.1) is 6.61 Å². The highest BCUT2D eigenvalue weighted by molar-refractivity contribution is 5.81. The quantitative estimate of drug-likeness (QED) is 0.833. The zero-order valence-electron chi connectivity index (χ0n) is 10.9. The molecule has 2 rings (SSSR count). The van der Waals surface area contributed by atoms with Crippen molar-refractivity contribution in [3.05, 3.63) is 54.6 Å². The van der Waals surface area contributed by atoms with Crippen LogP contribution in [0.4, 0.5) is 5.69 Å². The lowest BCUT2D eigenvalue weighted by Crippen LogP contribution is -2.17. The largest absolute Gasteiger partial charge is 0.465 e. The van der Waals surface area contributed by atoms with Gasteiger partial charge in [0.1, 0.15) is 6.54 Å². The van der Waals surface area contributed by atoms with Gasteiger partial charge >= 0.3 is 5.97 Å². The van der Waals surface area contributed by atoms with Crippen LogP contribution in [0.25, 0.3) is 11.1 Å². The van der Waals surface area contributed by atoms with Crippen molar-refractivity contribution >= 4 is 11.7 Å². The van der Waals surface area contributed by atoms with E-state index in [9.17, 15) is 4.79 Å². The summed E-state index contributed by atoms with van der Waals surface area (Å²) in [4.78, 5) is 11.4. The first-order chi connectivity index (χ1) is 9.31. The summed E-state index contributed by atoms with van der Waals surface area (Å²) in [6, 6.07) is 18.0. The van der Waals surface area contributed by atoms with Crippen molar-refractivity contribution in [2.45, 2.75) is 6.92 Å². The van der Waals surface area contributed by atoms with Crippen molar-refractivity contribution in [1.29, 1.82) is 0 Å². The number of hydrogen-bond donors (Lipinski definition) is 1. The van der Waals surface area contributed by atoms with Crippen LogP contribution in [0.15, 0.2) is 54.6 Å². The van der Waals surface area contributed by atoms with Crippen molar-refractivity contribution in [3.8, 4) is 11.1 Å². The van der Waals surface area contributed by atoms with Crippen molar-refractivity contribution in [1.82, 2.24) is 0 Å². The van der Waals surface area contributed by atoms with E-state index >= 15 is 0 Å². The normalized spacial score (nSPS) is 9.95. The average Bonchev–Trinajstić information content (AvgIpc) is 2.47. The van der Waals surface area contributed by atoms with Gasteiger partial charge in [0.15, 0.2) is 0 Å². The Labute approximate surface area is 113 Å². The molecule has 0 aliphatic carbocycles. The monoisotopic (exact) mass is 255 g/mol. The molecule has 0 bridgehead atoms. The van der Waals surface area contributed by atoms with Gasteiger partial charge in [-0.2, -0.15) is 0 Å². The van der Waals surface area contributed by atoms with Gasteiger partial charge in [-0.15, -0.1) is 0 Å². The zero-order valence-corrected chi connectivity index (χ0v) is 10.9. The Balaban J connectivity index is 2.15. The second-order valence-electron chi connectivity index (χ2n) is 4.07. The minimum absolute atomic E-state index is 0.178. The standard InChI is InChI=1S/C16H17NO2/c1-2-19-16(18)12-17-15-11-7-6-10-14(15)13-8-4-3-5-9-13/h3-11,17H,2,12H2,1H3. The van der Waals surface area contributed by atoms with Crippen molar-refractivity contribution in [2.75, 3.05) is 18.5 Å². The van der Waals surface area contributed by atoms with E-state index in [-0.39, 0.29) is 12.5 Å². The van der Waals surface area contributed by atoms with E-state index in [0.29, 0.717) is 6.61 Å². The first-order valence-corrected chi connectivity index (χ1v) is 6.35. The topological polar surface area (TPSA) is 38.3 Å². The van der Waals surface area contributed by atoms with Gasteiger partial charge in [-0.05, 0) is 18.6 Å². The Morgan fingerprint density at radius 1 is 1.05 bits per heavy atom. The number of carbonyl (C=O) groups excluding carboxylic acids is 1. The molecule has 0 radical (unpaired) electrons. The van der Waals surface area contributed by atoms with Gasteiger partial charge in [0.2, 0.25) is 0 Å². The molecule has 0 unspecified atom stereocenters. The lowest BCUT2D eigenvalue weighted by atomic mass is 10.0. The lowest BCUT2D eigenvalue weighted by Gasteiger charge is -2.11. The Morgan fingerprint density at radius 3 is 2.47 bits per heavy atom. The van der Waals surface area contributed by atoms with Crippen LogP contribution in [0.1, 0.15) is 6.92 Å². The van der Waals surface area contributed by atoms with Gasteiger partial charge in [-0.1, -0.05) is 48.5 Å². The predicted molar refractivity (Wildman–Crippen MR) is 77.0 cm³/mol. The SMILES string of the molecule is CCOC(=O)CNc1ccccc1-c1ccccc1. The van der Waals surface area contributed by atoms with Crippen molar-refractivity contribution < 1.29 is 9.53 Å². The number of ether oxygens (including phenoxy) is 1. The molecule has 0 atom stereocenters. The Bertz CT molecular complexity index is 537. The second kappa shape index (κ2) is 6.59. The van der Waals surface area contributed by atoms with Crippen LogP contribution in [0.2, 0.25) is 0 Å². The summed E-state index contributed by atoms with van der Waals surface area (Å²) in [7, 11) is 0. The molecule has 0 aliphatic rings. The van der Waals surface area contributed by atoms with E-state index < -0.39 is 0 Å². The molecule has 1 N–H and O–H groups in total. The Hall–Kier alpha value is -2.29. The van der Waals surface area contributed by atoms with Crippen LogP contribution in [0, 0.1) is 0 Å². The summed E-state index contributed by atoms with van der Waals surface area (Å²) in [5.41, 5.74) is 3.13. The van der Waals surface area contributed by atoms with Crippen LogP contribution >= 0.6 is 0 Å². The fourth-order valence-corrected chi connectivity index (χ4v) is 1.89. The molecule has 0 aliphatic heterocycles. The molecule has 0 spiro atoms. The third-order valence-corrected chi connectivity index (χ3v) is 2.74. The third kappa shape index (κ3) is 3.58. The molecule has 0 amide bonds. The van der Waals surface area contributed by atoms with E-state index in [0.717, 1.165) is 16.8 Å². The smallest absolute Gasteiger partial charge is 0.325 e. The number of hydrogen-bond acceptors (Lipinski definition) is 3. The number of benzene rings is 2. The number of rotatable bonds is 5. The summed E-state index contributed by atoms with van der Waals surface area (Å²) in [6.07, 6.45) is 0. The zero-order chi connectivity index (χ0) is 13.5. The van der Waals surface area contributed by atoms with Gasteiger partial charge in [-0.3, -0.25) is 4.79 Å². The van der Waals surface area contributed by atoms with Gasteiger partial charge < -0.3 is 10.1 Å². The van der Waals surface area contributed by atoms with Gasteiger partial charge in [-0.25, -0.2) is 0 Å². The van der Waals surface area contributed by atoms with Crippen LogP contribution in [0.3, 0.4) is 0 Å². The highest BCUT2D eigenvalue weighted by atomic mass is 16.5. The molecule has 19 heavy (non-hydrogen) atoms. The van der Waals surface area contributed by atoms with E-state index in [1.165, 1.54) is 0 Å². The van der Waals surface area contributed by atoms with Crippen LogP contribution in [-0.4, -0.2) is 19.1 Å². The fraction of sp³-hybridized carbons (Fsp3) is 0.188. The third-order valence-electron chi connectivity index (χ3n) is 2.74. The Kier molecular flexibility index (Phi) is 4.56. The maximum absolute atomic E-state index is 11.4. The lowest BCUT2D eigenvalue weighted by molar-refractivity contribution is -0.140. The van der Waals surface area contributed by atoms with Gasteiger partial charge in [0.25, 0.3) is 0 Å². The second-order valence-corrected chi connectivity index (χ2v) is 4.07. The van der Waals surface area contributed by atoms with Crippen molar-refractivity contribution in [3.63, 3.8) is 0 Å². The fourth-order valence-electron chi connectivity index (χ4n) is 1.89. The number of carbonyl (C=O) groups is 1. The average molecular weight is 255 g/mol. The minimum atomic E-state index is -0.245. The molecule has 2 aromatic rings. The Morgan fingerprint density at radius 2 is 1.74 bits per heavy atom. The van der Waals surface area contributed by atoms with E-state index in [2.05, 4.69) is 5.32 Å². The summed E-state index contributed by atoms with van der Waals surface area (Å²) in [5.74, 6) is -0.245. The number of esters is 1. The number of nitrogens with one attached hydrogen (secondary N) is 1. The molecule has 0 saturated carbocycles. The molecule has 0 fully saturated rings. The van der Waals surface area contributed by atoms with E-state index in [1.54, 1.807) is 6.92 Å². The van der Waals surface area contributed by atoms with Crippen LogP contribution < -0.4 is 5.32 Å². The molecular formula is C16H17NO2. The first kappa shape index (κ1) is 13.1. The van der Waals surface area contributed by atoms with E-state index in [4.69, 9.17) is 4.74 Å². The van der Waals surface area contributed by atoms with Crippen LogP contribution in [-0.2, 0) is 9.53 Å². The molecule has 2 aromatic carbocycles. The summed E-state index contributed by atoms with van der Waals surface area (Å²) in [6.45, 7) is 2.38. The maximum Gasteiger partial charge on any atom is 0.325 e. The molecular weight excluding hydrogens is 238 g/mol. The molecule has 0 heterocycles. The molecule has 3 nitrogen and oxygen atoms in total. The highest BCUT2D eigenvalue weighted by Gasteiger charge is 2.06. The number of para-hydroxylation sites is 1. The molecule has 3 heteroatoms. The summed E-state index contributed by atoms with van der Waals surface area (Å²) >= 11 is 0. The molecule has 98 valence electrons. The van der Waals surface area contributed by atoms with E-state index in [1.807, 2.05) is 54.6 Å². The maximum atomic E-state index is 11.4. The highest BCUT2D eigenvalue weighted by Crippen LogP contribution is 2.27. The van der Waals surface area contributed by atoms with Crippen LogP contribution in [0.5, 0.6) is 0 Å². The first-order valence-electron chi connectivity index (χ1n) is 6.35. The van der Waals surface area contributed by atoms with Gasteiger partial charge in [0, 0.05) is 11.3 Å². The van der Waals surface area contributed by atoms with Crippen molar-refractivity contribution in [2.24, 2.45) is 0 Å². The molecule has 0 saturated heterocycles. The summed E-state index contributed by atoms with van der Waals surface area (Å²) in [5, 5.41) is 3.12. The summed E-state index contributed by atoms with van der Waals surface area (Å²) < 4.78 is 4.91. The molecule has 0 aromatic heterocycles. The minimum Gasteiger partial charge on any atom is -0.465 e. The predicted octanol–water partition coefficient (Wildman–Crippen LogP) is 3.33.